The summed E-state index contributed by atoms with van der Waals surface area (Å²) in [5.41, 5.74) is 1.54. The van der Waals surface area contributed by atoms with Gasteiger partial charge in [0.05, 0.1) is 11.9 Å². The van der Waals surface area contributed by atoms with Gasteiger partial charge in [0, 0.05) is 12.7 Å². The van der Waals surface area contributed by atoms with Crippen LogP contribution in [0.5, 0.6) is 0 Å². The Hall–Kier alpha value is -2.90. The number of benzene rings is 1. The topological polar surface area (TPSA) is 106 Å². The predicted octanol–water partition coefficient (Wildman–Crippen LogP) is 0.431. The largest absolute Gasteiger partial charge is 0.417 e. The monoisotopic (exact) mass is 273 g/mol. The van der Waals surface area contributed by atoms with E-state index in [1.54, 1.807) is 25.2 Å². The van der Waals surface area contributed by atoms with E-state index < -0.39 is 5.76 Å². The number of carbonyl (C=O) groups is 1. The minimum Gasteiger partial charge on any atom is -0.408 e. The Morgan fingerprint density at radius 2 is 2.35 bits per heavy atom. The van der Waals surface area contributed by atoms with Gasteiger partial charge in [-0.1, -0.05) is 0 Å². The molecule has 8 heteroatoms. The van der Waals surface area contributed by atoms with Crippen molar-refractivity contribution >= 4 is 22.7 Å². The van der Waals surface area contributed by atoms with Gasteiger partial charge in [0.2, 0.25) is 5.91 Å². The van der Waals surface area contributed by atoms with Crippen LogP contribution in [0, 0.1) is 0 Å². The summed E-state index contributed by atoms with van der Waals surface area (Å²) in [6.45, 7) is 0. The minimum atomic E-state index is -0.527. The van der Waals surface area contributed by atoms with E-state index >= 15 is 0 Å². The molecule has 1 aromatic carbocycles. The summed E-state index contributed by atoms with van der Waals surface area (Å²) in [5.74, 6) is -0.314. The lowest BCUT2D eigenvalue weighted by atomic mass is 10.2. The molecule has 0 aliphatic carbocycles. The fourth-order valence-corrected chi connectivity index (χ4v) is 1.84. The van der Waals surface area contributed by atoms with Gasteiger partial charge in [-0.25, -0.2) is 9.78 Å². The summed E-state index contributed by atoms with van der Waals surface area (Å²) in [6, 6.07) is 4.90. The first-order chi connectivity index (χ1) is 9.60. The van der Waals surface area contributed by atoms with Crippen molar-refractivity contribution in [3.05, 3.63) is 40.9 Å². The second-order valence-corrected chi connectivity index (χ2v) is 4.28. The molecule has 0 spiro atoms. The predicted molar refractivity (Wildman–Crippen MR) is 70.2 cm³/mol. The summed E-state index contributed by atoms with van der Waals surface area (Å²) in [6.07, 6.45) is 1.62. The molecule has 0 aliphatic heterocycles. The van der Waals surface area contributed by atoms with Gasteiger partial charge in [-0.05, 0) is 18.2 Å². The van der Waals surface area contributed by atoms with Gasteiger partial charge in [-0.2, -0.15) is 5.10 Å². The molecule has 0 fully saturated rings. The Kier molecular flexibility index (Phi) is 2.82. The zero-order valence-corrected chi connectivity index (χ0v) is 10.6. The average Bonchev–Trinajstić information content (AvgIpc) is 2.93. The number of nitrogens with one attached hydrogen (secondary N) is 2. The van der Waals surface area contributed by atoms with Crippen LogP contribution in [0.2, 0.25) is 0 Å². The van der Waals surface area contributed by atoms with E-state index in [0.29, 0.717) is 22.6 Å². The molecule has 3 aromatic rings. The van der Waals surface area contributed by atoms with Crippen LogP contribution in [-0.2, 0) is 18.3 Å². The summed E-state index contributed by atoms with van der Waals surface area (Å²) in [5, 5.41) is 6.74. The van der Waals surface area contributed by atoms with E-state index in [0.717, 1.165) is 0 Å². The van der Waals surface area contributed by atoms with Crippen LogP contribution in [0.3, 0.4) is 0 Å². The summed E-state index contributed by atoms with van der Waals surface area (Å²) in [7, 11) is 1.73. The highest BCUT2D eigenvalue weighted by molar-refractivity contribution is 5.93. The van der Waals surface area contributed by atoms with Crippen LogP contribution < -0.4 is 11.1 Å². The number of hydrogen-bond acceptors (Lipinski definition) is 5. The van der Waals surface area contributed by atoms with Crippen LogP contribution in [0.25, 0.3) is 11.1 Å². The third-order valence-corrected chi connectivity index (χ3v) is 2.67. The molecular formula is C12H11N5O3. The van der Waals surface area contributed by atoms with Crippen LogP contribution in [0.4, 0.5) is 5.69 Å². The SMILES string of the molecule is Cn1cnc(CC(=O)Nc2ccc3oc(=O)[nH]c3c2)n1. The van der Waals surface area contributed by atoms with Crippen molar-refractivity contribution in [2.24, 2.45) is 7.05 Å². The molecule has 0 saturated carbocycles. The smallest absolute Gasteiger partial charge is 0.408 e. The highest BCUT2D eigenvalue weighted by Gasteiger charge is 2.09. The molecule has 0 bridgehead atoms. The van der Waals surface area contributed by atoms with Crippen LogP contribution in [-0.4, -0.2) is 25.7 Å². The Bertz CT molecular complexity index is 829. The van der Waals surface area contributed by atoms with E-state index in [-0.39, 0.29) is 12.3 Å². The molecule has 0 atom stereocenters. The van der Waals surface area contributed by atoms with E-state index in [1.807, 2.05) is 0 Å². The molecule has 0 radical (unpaired) electrons. The third kappa shape index (κ3) is 2.44. The van der Waals surface area contributed by atoms with Gasteiger partial charge in [0.15, 0.2) is 11.4 Å². The van der Waals surface area contributed by atoms with E-state index in [4.69, 9.17) is 4.42 Å². The van der Waals surface area contributed by atoms with Gasteiger partial charge >= 0.3 is 5.76 Å². The molecule has 3 rings (SSSR count). The minimum absolute atomic E-state index is 0.0841. The van der Waals surface area contributed by atoms with E-state index in [1.165, 1.54) is 11.0 Å². The standard InChI is InChI=1S/C12H11N5O3/c1-17-6-13-10(16-17)5-11(18)14-7-2-3-9-8(4-7)15-12(19)20-9/h2-4,6H,5H2,1H3,(H,14,18)(H,15,19). The molecule has 8 nitrogen and oxygen atoms in total. The molecule has 102 valence electrons. The molecule has 2 N–H and O–H groups in total. The first kappa shape index (κ1) is 12.2. The van der Waals surface area contributed by atoms with Crippen molar-refractivity contribution in [1.29, 1.82) is 0 Å². The maximum Gasteiger partial charge on any atom is 0.417 e. The molecule has 20 heavy (non-hydrogen) atoms. The van der Waals surface area contributed by atoms with Crippen LogP contribution in [0.1, 0.15) is 5.82 Å². The number of oxazole rings is 1. The number of nitrogens with zero attached hydrogens (tertiary/aromatic N) is 3. The summed E-state index contributed by atoms with van der Waals surface area (Å²) in [4.78, 5) is 29.4. The lowest BCUT2D eigenvalue weighted by Crippen LogP contribution is -2.15. The molecule has 0 unspecified atom stereocenters. The Morgan fingerprint density at radius 1 is 1.50 bits per heavy atom. The maximum absolute atomic E-state index is 11.8. The highest BCUT2D eigenvalue weighted by Crippen LogP contribution is 2.16. The number of aromatic amines is 1. The second kappa shape index (κ2) is 4.65. The van der Waals surface area contributed by atoms with Crippen LogP contribution >= 0.6 is 0 Å². The molecule has 0 saturated heterocycles. The summed E-state index contributed by atoms with van der Waals surface area (Å²) >= 11 is 0. The summed E-state index contributed by atoms with van der Waals surface area (Å²) < 4.78 is 6.41. The molecule has 2 aromatic heterocycles. The van der Waals surface area contributed by atoms with Crippen molar-refractivity contribution in [1.82, 2.24) is 19.7 Å². The lowest BCUT2D eigenvalue weighted by molar-refractivity contribution is -0.115. The van der Waals surface area contributed by atoms with Gasteiger partial charge in [0.1, 0.15) is 6.33 Å². The highest BCUT2D eigenvalue weighted by atomic mass is 16.4. The second-order valence-electron chi connectivity index (χ2n) is 4.28. The Morgan fingerprint density at radius 3 is 3.10 bits per heavy atom. The van der Waals surface area contributed by atoms with Crippen molar-refractivity contribution in [2.75, 3.05) is 5.32 Å². The number of aryl methyl sites for hydroxylation is 1. The van der Waals surface area contributed by atoms with Gasteiger partial charge in [-0.3, -0.25) is 14.5 Å². The van der Waals surface area contributed by atoms with Crippen molar-refractivity contribution in [3.8, 4) is 0 Å². The number of fused-ring (bicyclic) bond motifs is 1. The normalized spacial score (nSPS) is 10.8. The van der Waals surface area contributed by atoms with Crippen molar-refractivity contribution < 1.29 is 9.21 Å². The van der Waals surface area contributed by atoms with E-state index in [2.05, 4.69) is 20.4 Å². The number of aromatic nitrogens is 4. The van der Waals surface area contributed by atoms with Gasteiger partial charge in [0.25, 0.3) is 0 Å². The number of H-pyrrole nitrogens is 1. The van der Waals surface area contributed by atoms with Gasteiger partial charge in [-0.15, -0.1) is 0 Å². The quantitative estimate of drug-likeness (QED) is 0.719. The maximum atomic E-state index is 11.8. The van der Waals surface area contributed by atoms with Crippen molar-refractivity contribution in [3.63, 3.8) is 0 Å². The third-order valence-electron chi connectivity index (χ3n) is 2.67. The molecule has 1 amide bonds. The van der Waals surface area contributed by atoms with E-state index in [9.17, 15) is 9.59 Å². The number of carbonyl (C=O) groups excluding carboxylic acids is 1. The fourth-order valence-electron chi connectivity index (χ4n) is 1.84. The van der Waals surface area contributed by atoms with Gasteiger partial charge < -0.3 is 9.73 Å². The first-order valence-electron chi connectivity index (χ1n) is 5.87. The fraction of sp³-hybridized carbons (Fsp3) is 0.167. The Labute approximate surface area is 112 Å². The lowest BCUT2D eigenvalue weighted by Gasteiger charge is -2.03. The van der Waals surface area contributed by atoms with Crippen molar-refractivity contribution in [2.45, 2.75) is 6.42 Å². The number of rotatable bonds is 3. The Balaban J connectivity index is 1.75. The first-order valence-corrected chi connectivity index (χ1v) is 5.87. The number of amides is 1. The zero-order chi connectivity index (χ0) is 14.1. The average molecular weight is 273 g/mol. The number of hydrogen-bond donors (Lipinski definition) is 2. The number of anilines is 1. The molecular weight excluding hydrogens is 262 g/mol. The molecule has 2 heterocycles. The van der Waals surface area contributed by atoms with Crippen LogP contribution in [0.15, 0.2) is 33.7 Å². The molecule has 0 aliphatic rings. The zero-order valence-electron chi connectivity index (χ0n) is 10.6.